The van der Waals surface area contributed by atoms with Gasteiger partial charge in [0, 0.05) is 5.69 Å². The van der Waals surface area contributed by atoms with Crippen molar-refractivity contribution in [3.8, 4) is 0 Å². The van der Waals surface area contributed by atoms with Crippen molar-refractivity contribution < 1.29 is 14.3 Å². The minimum Gasteiger partial charge on any atom is -0.449 e. The molecule has 0 radical (unpaired) electrons. The Labute approximate surface area is 107 Å². The van der Waals surface area contributed by atoms with E-state index in [1.54, 1.807) is 0 Å². The summed E-state index contributed by atoms with van der Waals surface area (Å²) in [6, 6.07) is 7.61. The molecule has 1 aromatic carbocycles. The van der Waals surface area contributed by atoms with Gasteiger partial charge in [-0.2, -0.15) is 0 Å². The van der Waals surface area contributed by atoms with Crippen molar-refractivity contribution in [2.45, 2.75) is 20.3 Å². The number of carbonyl (C=O) groups is 1. The maximum atomic E-state index is 11.6. The lowest BCUT2D eigenvalue weighted by Gasteiger charge is -2.39. The Morgan fingerprint density at radius 1 is 1.39 bits per heavy atom. The zero-order chi connectivity index (χ0) is 13.0. The standard InChI is InChI=1S/C14H19NO3/c1-3-14(8-17-9-14)10-18-13(16)15-12-6-4-11(2)5-7-12/h4-7H,3,8-10H2,1-2H3,(H,15,16). The van der Waals surface area contributed by atoms with E-state index in [1.807, 2.05) is 31.2 Å². The van der Waals surface area contributed by atoms with Crippen LogP contribution in [0.2, 0.25) is 0 Å². The molecule has 0 saturated carbocycles. The van der Waals surface area contributed by atoms with E-state index in [0.717, 1.165) is 17.7 Å². The third-order valence-electron chi connectivity index (χ3n) is 3.37. The first kappa shape index (κ1) is 12.9. The lowest BCUT2D eigenvalue weighted by atomic mass is 9.84. The summed E-state index contributed by atoms with van der Waals surface area (Å²) in [5.74, 6) is 0. The highest BCUT2D eigenvalue weighted by Crippen LogP contribution is 2.31. The Hall–Kier alpha value is -1.55. The molecule has 98 valence electrons. The minimum atomic E-state index is -0.404. The molecule has 1 N–H and O–H groups in total. The summed E-state index contributed by atoms with van der Waals surface area (Å²) in [6.07, 6.45) is 0.559. The van der Waals surface area contributed by atoms with E-state index < -0.39 is 6.09 Å². The molecule has 2 rings (SSSR count). The van der Waals surface area contributed by atoms with Gasteiger partial charge in [-0.15, -0.1) is 0 Å². The number of hydrogen-bond donors (Lipinski definition) is 1. The van der Waals surface area contributed by atoms with E-state index in [9.17, 15) is 4.79 Å². The predicted octanol–water partition coefficient (Wildman–Crippen LogP) is 2.97. The fourth-order valence-corrected chi connectivity index (χ4v) is 1.79. The first-order valence-corrected chi connectivity index (χ1v) is 6.22. The van der Waals surface area contributed by atoms with E-state index in [2.05, 4.69) is 12.2 Å². The van der Waals surface area contributed by atoms with Crippen molar-refractivity contribution in [3.05, 3.63) is 29.8 Å². The van der Waals surface area contributed by atoms with Crippen LogP contribution in [0.3, 0.4) is 0 Å². The summed E-state index contributed by atoms with van der Waals surface area (Å²) >= 11 is 0. The van der Waals surface area contributed by atoms with Gasteiger partial charge in [-0.1, -0.05) is 24.6 Å². The largest absolute Gasteiger partial charge is 0.449 e. The molecule has 1 heterocycles. The Kier molecular flexibility index (Phi) is 3.87. The van der Waals surface area contributed by atoms with Crippen molar-refractivity contribution >= 4 is 11.8 Å². The van der Waals surface area contributed by atoms with Gasteiger partial charge in [-0.25, -0.2) is 4.79 Å². The number of benzene rings is 1. The van der Waals surface area contributed by atoms with Gasteiger partial charge in [0.2, 0.25) is 0 Å². The van der Waals surface area contributed by atoms with Crippen molar-refractivity contribution in [2.75, 3.05) is 25.1 Å². The van der Waals surface area contributed by atoms with Crippen molar-refractivity contribution in [2.24, 2.45) is 5.41 Å². The highest BCUT2D eigenvalue weighted by molar-refractivity contribution is 5.84. The van der Waals surface area contributed by atoms with E-state index in [-0.39, 0.29) is 5.41 Å². The van der Waals surface area contributed by atoms with E-state index in [4.69, 9.17) is 9.47 Å². The van der Waals surface area contributed by atoms with Crippen LogP contribution in [0.25, 0.3) is 0 Å². The molecule has 1 saturated heterocycles. The van der Waals surface area contributed by atoms with Crippen LogP contribution >= 0.6 is 0 Å². The van der Waals surface area contributed by atoms with E-state index >= 15 is 0 Å². The van der Waals surface area contributed by atoms with Gasteiger partial charge < -0.3 is 9.47 Å². The smallest absolute Gasteiger partial charge is 0.411 e. The first-order chi connectivity index (χ1) is 8.63. The number of nitrogens with one attached hydrogen (secondary N) is 1. The van der Waals surface area contributed by atoms with Crippen LogP contribution in [-0.4, -0.2) is 25.9 Å². The molecule has 4 nitrogen and oxygen atoms in total. The Bertz CT molecular complexity index is 404. The number of anilines is 1. The van der Waals surface area contributed by atoms with Crippen LogP contribution in [0.1, 0.15) is 18.9 Å². The van der Waals surface area contributed by atoms with Crippen LogP contribution in [0, 0.1) is 12.3 Å². The maximum Gasteiger partial charge on any atom is 0.411 e. The van der Waals surface area contributed by atoms with E-state index in [0.29, 0.717) is 19.8 Å². The molecule has 1 aromatic rings. The highest BCUT2D eigenvalue weighted by Gasteiger charge is 2.38. The number of aryl methyl sites for hydroxylation is 1. The second kappa shape index (κ2) is 5.40. The van der Waals surface area contributed by atoms with E-state index in [1.165, 1.54) is 0 Å². The van der Waals surface area contributed by atoms with Crippen LogP contribution in [0.4, 0.5) is 10.5 Å². The Morgan fingerprint density at radius 3 is 2.56 bits per heavy atom. The van der Waals surface area contributed by atoms with Crippen LogP contribution in [-0.2, 0) is 9.47 Å². The summed E-state index contributed by atoms with van der Waals surface area (Å²) in [4.78, 5) is 11.6. The average Bonchev–Trinajstić information content (AvgIpc) is 2.31. The molecule has 0 spiro atoms. The van der Waals surface area contributed by atoms with Crippen molar-refractivity contribution in [1.29, 1.82) is 0 Å². The Morgan fingerprint density at radius 2 is 2.06 bits per heavy atom. The molecule has 1 fully saturated rings. The van der Waals surface area contributed by atoms with Gasteiger partial charge in [-0.3, -0.25) is 5.32 Å². The van der Waals surface area contributed by atoms with Crippen LogP contribution in [0.15, 0.2) is 24.3 Å². The minimum absolute atomic E-state index is 0.0324. The summed E-state index contributed by atoms with van der Waals surface area (Å²) < 4.78 is 10.4. The molecule has 0 aliphatic carbocycles. The molecular weight excluding hydrogens is 230 g/mol. The summed E-state index contributed by atoms with van der Waals surface area (Å²) in [7, 11) is 0. The number of amides is 1. The molecule has 1 aliphatic rings. The van der Waals surface area contributed by atoms with Crippen molar-refractivity contribution in [3.63, 3.8) is 0 Å². The number of hydrogen-bond acceptors (Lipinski definition) is 3. The second-order valence-corrected chi connectivity index (χ2v) is 4.91. The third kappa shape index (κ3) is 3.01. The maximum absolute atomic E-state index is 11.6. The molecular formula is C14H19NO3. The average molecular weight is 249 g/mol. The summed E-state index contributed by atoms with van der Waals surface area (Å²) in [5.41, 5.74) is 1.94. The number of ether oxygens (including phenoxy) is 2. The van der Waals surface area contributed by atoms with Crippen LogP contribution in [0.5, 0.6) is 0 Å². The topological polar surface area (TPSA) is 47.6 Å². The SMILES string of the molecule is CCC1(COC(=O)Nc2ccc(C)cc2)COC1. The highest BCUT2D eigenvalue weighted by atomic mass is 16.6. The molecule has 0 atom stereocenters. The fourth-order valence-electron chi connectivity index (χ4n) is 1.79. The molecule has 18 heavy (non-hydrogen) atoms. The van der Waals surface area contributed by atoms with Crippen LogP contribution < -0.4 is 5.32 Å². The van der Waals surface area contributed by atoms with Gasteiger partial charge >= 0.3 is 6.09 Å². The van der Waals surface area contributed by atoms with Crippen molar-refractivity contribution in [1.82, 2.24) is 0 Å². The Balaban J connectivity index is 1.80. The third-order valence-corrected chi connectivity index (χ3v) is 3.37. The zero-order valence-electron chi connectivity index (χ0n) is 10.9. The molecule has 1 aliphatic heterocycles. The van der Waals surface area contributed by atoms with Gasteiger partial charge in [0.05, 0.1) is 18.6 Å². The first-order valence-electron chi connectivity index (χ1n) is 6.22. The van der Waals surface area contributed by atoms with Gasteiger partial charge in [0.1, 0.15) is 6.61 Å². The summed E-state index contributed by atoms with van der Waals surface area (Å²) in [6.45, 7) is 5.87. The van der Waals surface area contributed by atoms with Gasteiger partial charge in [0.15, 0.2) is 0 Å². The lowest BCUT2D eigenvalue weighted by molar-refractivity contribution is -0.138. The molecule has 0 unspecified atom stereocenters. The number of rotatable bonds is 4. The number of carbonyl (C=O) groups excluding carboxylic acids is 1. The predicted molar refractivity (Wildman–Crippen MR) is 69.7 cm³/mol. The monoisotopic (exact) mass is 249 g/mol. The van der Waals surface area contributed by atoms with Gasteiger partial charge in [0.25, 0.3) is 0 Å². The molecule has 4 heteroatoms. The lowest BCUT2D eigenvalue weighted by Crippen LogP contribution is -2.46. The van der Waals surface area contributed by atoms with Gasteiger partial charge in [-0.05, 0) is 25.5 Å². The molecule has 1 amide bonds. The second-order valence-electron chi connectivity index (χ2n) is 4.91. The fraction of sp³-hybridized carbons (Fsp3) is 0.500. The normalized spacial score (nSPS) is 16.8. The molecule has 0 aromatic heterocycles. The zero-order valence-corrected chi connectivity index (χ0v) is 10.9. The summed E-state index contributed by atoms with van der Waals surface area (Å²) in [5, 5.41) is 2.71. The molecule has 0 bridgehead atoms. The quantitative estimate of drug-likeness (QED) is 0.892.